The highest BCUT2D eigenvalue weighted by Gasteiger charge is 2.02. The molecule has 0 heterocycles. The maximum Gasteiger partial charge on any atom is 0.243 e. The second-order valence-electron chi connectivity index (χ2n) is 4.27. The molecule has 104 valence electrons. The smallest absolute Gasteiger partial charge is 0.243 e. The largest absolute Gasteiger partial charge is 0.392 e. The van der Waals surface area contributed by atoms with Gasteiger partial charge in [-0.2, -0.15) is 0 Å². The summed E-state index contributed by atoms with van der Waals surface area (Å²) in [6, 6.07) is 14.7. The fourth-order valence-corrected chi connectivity index (χ4v) is 1.96. The van der Waals surface area contributed by atoms with Crippen molar-refractivity contribution in [1.82, 2.24) is 0 Å². The van der Waals surface area contributed by atoms with Crippen molar-refractivity contribution >= 4 is 33.2 Å². The molecule has 0 unspecified atom stereocenters. The number of benzene rings is 2. The highest BCUT2D eigenvalue weighted by molar-refractivity contribution is 9.10. The van der Waals surface area contributed by atoms with Gasteiger partial charge < -0.3 is 15.7 Å². The van der Waals surface area contributed by atoms with E-state index < -0.39 is 0 Å². The maximum atomic E-state index is 11.8. The molecule has 0 aliphatic rings. The molecule has 0 fully saturated rings. The lowest BCUT2D eigenvalue weighted by Gasteiger charge is -2.08. The van der Waals surface area contributed by atoms with Crippen LogP contribution >= 0.6 is 15.9 Å². The predicted octanol–water partition coefficient (Wildman–Crippen LogP) is 2.99. The molecule has 0 saturated heterocycles. The minimum atomic E-state index is -0.123. The molecule has 0 saturated carbocycles. The first-order valence-corrected chi connectivity index (χ1v) is 6.96. The van der Waals surface area contributed by atoms with Gasteiger partial charge in [0, 0.05) is 15.8 Å². The zero-order chi connectivity index (χ0) is 14.4. The van der Waals surface area contributed by atoms with Crippen molar-refractivity contribution in [2.24, 2.45) is 0 Å². The minimum Gasteiger partial charge on any atom is -0.392 e. The number of halogens is 1. The predicted molar refractivity (Wildman–Crippen MR) is 83.6 cm³/mol. The van der Waals surface area contributed by atoms with Gasteiger partial charge in [-0.15, -0.1) is 0 Å². The van der Waals surface area contributed by atoms with E-state index in [0.717, 1.165) is 21.4 Å². The van der Waals surface area contributed by atoms with E-state index in [-0.39, 0.29) is 19.1 Å². The van der Waals surface area contributed by atoms with Crippen molar-refractivity contribution in [3.05, 3.63) is 58.6 Å². The van der Waals surface area contributed by atoms with Crippen LogP contribution in [0.4, 0.5) is 11.4 Å². The summed E-state index contributed by atoms with van der Waals surface area (Å²) in [5.74, 6) is -0.123. The number of aliphatic hydroxyl groups excluding tert-OH is 1. The van der Waals surface area contributed by atoms with Crippen LogP contribution in [0.15, 0.2) is 53.0 Å². The lowest BCUT2D eigenvalue weighted by Crippen LogP contribution is -2.21. The third-order valence-electron chi connectivity index (χ3n) is 2.69. The summed E-state index contributed by atoms with van der Waals surface area (Å²) in [6.07, 6.45) is 0. The molecule has 0 radical (unpaired) electrons. The van der Waals surface area contributed by atoms with Gasteiger partial charge >= 0.3 is 0 Å². The number of hydrogen-bond donors (Lipinski definition) is 3. The second kappa shape index (κ2) is 7.07. The summed E-state index contributed by atoms with van der Waals surface area (Å²) in [7, 11) is 0. The Morgan fingerprint density at radius 3 is 2.55 bits per heavy atom. The number of hydrogen-bond acceptors (Lipinski definition) is 3. The van der Waals surface area contributed by atoms with Gasteiger partial charge in [0.2, 0.25) is 5.91 Å². The van der Waals surface area contributed by atoms with Gasteiger partial charge in [0.15, 0.2) is 0 Å². The van der Waals surface area contributed by atoms with Crippen LogP contribution in [0.25, 0.3) is 0 Å². The molecule has 0 aliphatic carbocycles. The van der Waals surface area contributed by atoms with Gasteiger partial charge in [0.1, 0.15) is 0 Å². The molecule has 3 N–H and O–H groups in total. The normalized spacial score (nSPS) is 10.1. The molecule has 20 heavy (non-hydrogen) atoms. The van der Waals surface area contributed by atoms with E-state index >= 15 is 0 Å². The Morgan fingerprint density at radius 1 is 1.10 bits per heavy atom. The Labute approximate surface area is 126 Å². The van der Waals surface area contributed by atoms with Gasteiger partial charge in [-0.05, 0) is 42.0 Å². The van der Waals surface area contributed by atoms with Crippen molar-refractivity contribution in [3.63, 3.8) is 0 Å². The zero-order valence-electron chi connectivity index (χ0n) is 10.8. The number of amides is 1. The zero-order valence-corrected chi connectivity index (χ0v) is 12.4. The van der Waals surface area contributed by atoms with E-state index in [2.05, 4.69) is 26.6 Å². The summed E-state index contributed by atoms with van der Waals surface area (Å²) in [5, 5.41) is 14.9. The van der Waals surface area contributed by atoms with Gasteiger partial charge in [0.25, 0.3) is 0 Å². The van der Waals surface area contributed by atoms with E-state index in [1.807, 2.05) is 48.5 Å². The first-order valence-electron chi connectivity index (χ1n) is 6.16. The number of rotatable bonds is 5. The van der Waals surface area contributed by atoms with Crippen LogP contribution in [0.1, 0.15) is 5.56 Å². The Hall–Kier alpha value is -1.85. The number of anilines is 2. The molecule has 2 aromatic carbocycles. The molecule has 4 nitrogen and oxygen atoms in total. The fourth-order valence-electron chi connectivity index (χ4n) is 1.70. The molecule has 0 atom stereocenters. The van der Waals surface area contributed by atoms with Crippen molar-refractivity contribution in [1.29, 1.82) is 0 Å². The molecule has 1 amide bonds. The van der Waals surface area contributed by atoms with Gasteiger partial charge in [-0.25, -0.2) is 0 Å². The molecule has 5 heteroatoms. The third-order valence-corrected chi connectivity index (χ3v) is 3.22. The van der Waals surface area contributed by atoms with Crippen LogP contribution in [0, 0.1) is 0 Å². The lowest BCUT2D eigenvalue weighted by molar-refractivity contribution is -0.114. The first kappa shape index (κ1) is 14.6. The first-order chi connectivity index (χ1) is 9.67. The topological polar surface area (TPSA) is 61.4 Å². The molecule has 0 aromatic heterocycles. The molecular formula is C15H15BrN2O2. The third kappa shape index (κ3) is 4.36. The van der Waals surface area contributed by atoms with Crippen molar-refractivity contribution in [2.45, 2.75) is 6.61 Å². The van der Waals surface area contributed by atoms with Gasteiger partial charge in [-0.3, -0.25) is 4.79 Å². The van der Waals surface area contributed by atoms with Crippen LogP contribution in [-0.4, -0.2) is 17.6 Å². The van der Waals surface area contributed by atoms with E-state index in [4.69, 9.17) is 5.11 Å². The van der Waals surface area contributed by atoms with E-state index in [1.165, 1.54) is 0 Å². The summed E-state index contributed by atoms with van der Waals surface area (Å²) in [5.41, 5.74) is 2.37. The van der Waals surface area contributed by atoms with Crippen molar-refractivity contribution < 1.29 is 9.90 Å². The number of nitrogens with one attached hydrogen (secondary N) is 2. The maximum absolute atomic E-state index is 11.8. The Balaban J connectivity index is 1.87. The minimum absolute atomic E-state index is 0.0133. The van der Waals surface area contributed by atoms with Crippen molar-refractivity contribution in [2.75, 3.05) is 17.2 Å². The Kier molecular flexibility index (Phi) is 5.15. The highest BCUT2D eigenvalue weighted by Crippen LogP contribution is 2.14. The molecule has 0 bridgehead atoms. The van der Waals surface area contributed by atoms with E-state index in [1.54, 1.807) is 0 Å². The van der Waals surface area contributed by atoms with Gasteiger partial charge in [0.05, 0.1) is 13.2 Å². The molecular weight excluding hydrogens is 320 g/mol. The molecule has 2 rings (SSSR count). The summed E-state index contributed by atoms with van der Waals surface area (Å²) in [4.78, 5) is 11.8. The van der Waals surface area contributed by atoms with Gasteiger partial charge in [-0.1, -0.05) is 28.1 Å². The Morgan fingerprint density at radius 2 is 1.85 bits per heavy atom. The number of aliphatic hydroxyl groups is 1. The van der Waals surface area contributed by atoms with Crippen LogP contribution in [0.5, 0.6) is 0 Å². The number of carbonyl (C=O) groups excluding carboxylic acids is 1. The number of carbonyl (C=O) groups is 1. The van der Waals surface area contributed by atoms with Crippen molar-refractivity contribution in [3.8, 4) is 0 Å². The average molecular weight is 335 g/mol. The monoisotopic (exact) mass is 334 g/mol. The molecule has 0 aliphatic heterocycles. The fraction of sp³-hybridized carbons (Fsp3) is 0.133. The Bertz CT molecular complexity index is 585. The standard InChI is InChI=1S/C15H15BrN2O2/c16-12-4-6-13(7-5-12)18-15(20)9-17-14-3-1-2-11(8-14)10-19/h1-8,17,19H,9-10H2,(H,18,20). The van der Waals surface area contributed by atoms with Crippen LogP contribution < -0.4 is 10.6 Å². The summed E-state index contributed by atoms with van der Waals surface area (Å²) >= 11 is 3.34. The van der Waals surface area contributed by atoms with E-state index in [0.29, 0.717) is 0 Å². The summed E-state index contributed by atoms with van der Waals surface area (Å²) in [6.45, 7) is 0.158. The second-order valence-corrected chi connectivity index (χ2v) is 5.18. The summed E-state index contributed by atoms with van der Waals surface area (Å²) < 4.78 is 0.967. The SMILES string of the molecule is O=C(CNc1cccc(CO)c1)Nc1ccc(Br)cc1. The average Bonchev–Trinajstić information content (AvgIpc) is 2.48. The van der Waals surface area contributed by atoms with Crippen LogP contribution in [0.2, 0.25) is 0 Å². The van der Waals surface area contributed by atoms with E-state index in [9.17, 15) is 4.79 Å². The highest BCUT2D eigenvalue weighted by atomic mass is 79.9. The van der Waals surface area contributed by atoms with Crippen LogP contribution in [-0.2, 0) is 11.4 Å². The molecule has 0 spiro atoms. The lowest BCUT2D eigenvalue weighted by atomic mass is 10.2. The quantitative estimate of drug-likeness (QED) is 0.787. The van der Waals surface area contributed by atoms with Crippen LogP contribution in [0.3, 0.4) is 0 Å². The molecule has 2 aromatic rings.